The quantitative estimate of drug-likeness (QED) is 0.323. The fraction of sp³-hybridized carbons (Fsp3) is 0.407. The second kappa shape index (κ2) is 9.26. The summed E-state index contributed by atoms with van der Waals surface area (Å²) in [4.78, 5) is 9.07. The Bertz CT molecular complexity index is 1280. The molecule has 5 rings (SSSR count). The first-order chi connectivity index (χ1) is 16.1. The molecule has 2 aromatic carbocycles. The van der Waals surface area contributed by atoms with E-state index in [1.165, 1.54) is 41.4 Å². The molecule has 0 amide bonds. The number of benzene rings is 2. The van der Waals surface area contributed by atoms with E-state index in [4.69, 9.17) is 10.5 Å². The average Bonchev–Trinajstić information content (AvgIpc) is 3.22. The molecule has 1 fully saturated rings. The van der Waals surface area contributed by atoms with Gasteiger partial charge in [0.2, 0.25) is 0 Å². The lowest BCUT2D eigenvalue weighted by Gasteiger charge is -2.31. The summed E-state index contributed by atoms with van der Waals surface area (Å²) in [6.45, 7) is 2.26. The van der Waals surface area contributed by atoms with E-state index in [0.29, 0.717) is 22.9 Å². The predicted octanol–water partition coefficient (Wildman–Crippen LogP) is 7.43. The van der Waals surface area contributed by atoms with Crippen molar-refractivity contribution in [3.05, 3.63) is 59.5 Å². The van der Waals surface area contributed by atoms with Crippen molar-refractivity contribution in [3.63, 3.8) is 0 Å². The number of pyridine rings is 1. The van der Waals surface area contributed by atoms with Crippen molar-refractivity contribution >= 4 is 37.6 Å². The minimum Gasteiger partial charge on any atom is -0.497 e. The average molecular weight is 464 g/mol. The summed E-state index contributed by atoms with van der Waals surface area (Å²) in [7, 11) is 1.71. The third kappa shape index (κ3) is 4.41. The van der Waals surface area contributed by atoms with Gasteiger partial charge in [-0.05, 0) is 104 Å². The Morgan fingerprint density at radius 3 is 2.73 bits per heavy atom. The lowest BCUT2D eigenvalue weighted by atomic mass is 9.74. The number of nitrogens with two attached hydrogens (primary N) is 1. The van der Waals surface area contributed by atoms with E-state index in [2.05, 4.69) is 29.0 Å². The van der Waals surface area contributed by atoms with Gasteiger partial charge >= 0.3 is 0 Å². The molecule has 1 aliphatic carbocycles. The fourth-order valence-corrected chi connectivity index (χ4v) is 6.39. The fourth-order valence-electron chi connectivity index (χ4n) is 5.60. The van der Waals surface area contributed by atoms with Crippen LogP contribution in [0, 0.1) is 11.7 Å². The third-order valence-corrected chi connectivity index (χ3v) is 8.16. The number of rotatable bonds is 6. The van der Waals surface area contributed by atoms with Crippen molar-refractivity contribution in [1.82, 2.24) is 9.97 Å². The zero-order chi connectivity index (χ0) is 22.9. The van der Waals surface area contributed by atoms with Gasteiger partial charge in [-0.15, -0.1) is 0 Å². The molecule has 1 atom stereocenters. The van der Waals surface area contributed by atoms with Crippen molar-refractivity contribution in [2.75, 3.05) is 12.8 Å². The Kier molecular flexibility index (Phi) is 6.19. The summed E-state index contributed by atoms with van der Waals surface area (Å²) >= 11 is 1.52. The normalized spacial score (nSPS) is 19.7. The first-order valence-corrected chi connectivity index (χ1v) is 12.7. The lowest BCUT2D eigenvalue weighted by molar-refractivity contribution is 0.292. The van der Waals surface area contributed by atoms with Crippen LogP contribution in [0.2, 0.25) is 0 Å². The number of anilines is 1. The van der Waals surface area contributed by atoms with Crippen LogP contribution in [0.3, 0.4) is 0 Å². The van der Waals surface area contributed by atoms with E-state index < -0.39 is 0 Å². The van der Waals surface area contributed by atoms with Crippen molar-refractivity contribution in [3.8, 4) is 5.75 Å². The van der Waals surface area contributed by atoms with E-state index in [9.17, 15) is 4.39 Å². The van der Waals surface area contributed by atoms with Gasteiger partial charge in [0.25, 0.3) is 0 Å². The minimum atomic E-state index is -0.191. The molecular weight excluding hydrogens is 433 g/mol. The monoisotopic (exact) mass is 463 g/mol. The molecule has 0 spiro atoms. The molecular formula is C27H30FN3OS. The molecule has 172 valence electrons. The second-order valence-corrected chi connectivity index (χ2v) is 10.3. The summed E-state index contributed by atoms with van der Waals surface area (Å²) in [5, 5.41) is 1.57. The van der Waals surface area contributed by atoms with E-state index in [-0.39, 0.29) is 5.82 Å². The van der Waals surface area contributed by atoms with Gasteiger partial charge in [-0.3, -0.25) is 4.98 Å². The zero-order valence-electron chi connectivity index (χ0n) is 19.2. The molecule has 0 aliphatic heterocycles. The highest BCUT2D eigenvalue weighted by Gasteiger charge is 2.27. The van der Waals surface area contributed by atoms with Crippen LogP contribution in [0.25, 0.3) is 21.1 Å². The number of thiazole rings is 1. The molecule has 0 saturated heterocycles. The van der Waals surface area contributed by atoms with Gasteiger partial charge in [0.05, 0.1) is 22.8 Å². The lowest BCUT2D eigenvalue weighted by Crippen LogP contribution is -2.16. The summed E-state index contributed by atoms with van der Waals surface area (Å²) in [6, 6.07) is 11.2. The van der Waals surface area contributed by atoms with Gasteiger partial charge in [-0.25, -0.2) is 9.37 Å². The predicted molar refractivity (Wildman–Crippen MR) is 135 cm³/mol. The number of nitrogen functional groups attached to an aromatic ring is 1. The summed E-state index contributed by atoms with van der Waals surface area (Å²) in [5.74, 6) is 2.26. The molecule has 2 N–H and O–H groups in total. The Balaban J connectivity index is 1.33. The maximum Gasteiger partial charge on any atom is 0.181 e. The molecule has 2 aromatic heterocycles. The maximum atomic E-state index is 13.9. The molecule has 2 heterocycles. The number of halogens is 1. The Morgan fingerprint density at radius 1 is 1.15 bits per heavy atom. The first kappa shape index (κ1) is 22.1. The van der Waals surface area contributed by atoms with E-state index in [1.807, 2.05) is 12.3 Å². The van der Waals surface area contributed by atoms with Gasteiger partial charge in [-0.2, -0.15) is 0 Å². The standard InChI is InChI=1S/C27H30FN3OS/c1-3-17(22-14-20(32-2)15-25-26(22)31-27(29)33-25)12-16-4-6-18(7-5-16)21-10-11-30-24-9-8-19(28)13-23(21)24/h8-11,13-18H,3-7,12H2,1-2H3,(H2,29,31)/t16-,17-,18+/m1/s1. The van der Waals surface area contributed by atoms with Crippen LogP contribution in [-0.4, -0.2) is 17.1 Å². The van der Waals surface area contributed by atoms with Crippen molar-refractivity contribution in [2.45, 2.75) is 57.3 Å². The molecule has 0 bridgehead atoms. The zero-order valence-corrected chi connectivity index (χ0v) is 20.0. The smallest absolute Gasteiger partial charge is 0.181 e. The second-order valence-electron chi connectivity index (χ2n) is 9.24. The van der Waals surface area contributed by atoms with Crippen LogP contribution >= 0.6 is 11.3 Å². The highest BCUT2D eigenvalue weighted by molar-refractivity contribution is 7.22. The highest BCUT2D eigenvalue weighted by atomic mass is 32.1. The molecule has 4 nitrogen and oxygen atoms in total. The number of nitrogens with zero attached hydrogens (tertiary/aromatic N) is 2. The summed E-state index contributed by atoms with van der Waals surface area (Å²) in [5.41, 5.74) is 10.5. The van der Waals surface area contributed by atoms with Crippen molar-refractivity contribution in [2.24, 2.45) is 5.92 Å². The van der Waals surface area contributed by atoms with Gasteiger partial charge in [0.1, 0.15) is 11.6 Å². The Morgan fingerprint density at radius 2 is 1.97 bits per heavy atom. The minimum absolute atomic E-state index is 0.191. The van der Waals surface area contributed by atoms with E-state index >= 15 is 0 Å². The Labute approximate surface area is 198 Å². The molecule has 4 aromatic rings. The summed E-state index contributed by atoms with van der Waals surface area (Å²) < 4.78 is 20.6. The van der Waals surface area contributed by atoms with Gasteiger partial charge in [0, 0.05) is 11.6 Å². The van der Waals surface area contributed by atoms with Crippen LogP contribution in [-0.2, 0) is 0 Å². The Hall–Kier alpha value is -2.73. The van der Waals surface area contributed by atoms with Crippen LogP contribution in [0.5, 0.6) is 5.75 Å². The van der Waals surface area contributed by atoms with Gasteiger partial charge < -0.3 is 10.5 Å². The van der Waals surface area contributed by atoms with Crippen molar-refractivity contribution in [1.29, 1.82) is 0 Å². The van der Waals surface area contributed by atoms with Crippen molar-refractivity contribution < 1.29 is 9.13 Å². The molecule has 1 saturated carbocycles. The third-order valence-electron chi connectivity index (χ3n) is 7.32. The number of hydrogen-bond acceptors (Lipinski definition) is 5. The van der Waals surface area contributed by atoms with Crippen LogP contribution in [0.1, 0.15) is 68.4 Å². The van der Waals surface area contributed by atoms with Gasteiger partial charge in [0.15, 0.2) is 5.13 Å². The molecule has 33 heavy (non-hydrogen) atoms. The number of aromatic nitrogens is 2. The van der Waals surface area contributed by atoms with Crippen LogP contribution in [0.15, 0.2) is 42.6 Å². The molecule has 6 heteroatoms. The SMILES string of the molecule is CC[C@H](C[C@H]1CC[C@@H](c2ccnc3ccc(F)cc32)CC1)c1cc(OC)cc2sc(N)nc12. The number of methoxy groups -OCH3 is 1. The van der Waals surface area contributed by atoms with E-state index in [1.54, 1.807) is 19.2 Å². The largest absolute Gasteiger partial charge is 0.497 e. The molecule has 0 radical (unpaired) electrons. The molecule has 1 aliphatic rings. The van der Waals surface area contributed by atoms with Gasteiger partial charge in [-0.1, -0.05) is 18.3 Å². The number of fused-ring (bicyclic) bond motifs is 2. The highest BCUT2D eigenvalue weighted by Crippen LogP contribution is 2.44. The van der Waals surface area contributed by atoms with Crippen LogP contribution in [0.4, 0.5) is 9.52 Å². The summed E-state index contributed by atoms with van der Waals surface area (Å²) in [6.07, 6.45) is 8.71. The van der Waals surface area contributed by atoms with Crippen LogP contribution < -0.4 is 10.5 Å². The maximum absolute atomic E-state index is 13.9. The van der Waals surface area contributed by atoms with E-state index in [0.717, 1.165) is 52.6 Å². The topological polar surface area (TPSA) is 61.0 Å². The number of ether oxygens (including phenoxy) is 1. The first-order valence-electron chi connectivity index (χ1n) is 11.8. The molecule has 0 unspecified atom stereocenters. The number of hydrogen-bond donors (Lipinski definition) is 1.